The van der Waals surface area contributed by atoms with Crippen molar-refractivity contribution in [3.8, 4) is 0 Å². The van der Waals surface area contributed by atoms with Crippen LogP contribution in [0.2, 0.25) is 0 Å². The molecule has 0 aromatic heterocycles. The molecule has 0 aliphatic carbocycles. The maximum absolute atomic E-state index is 12.6. The number of benzene rings is 2. The molecule has 29 heavy (non-hydrogen) atoms. The number of hydrogen-bond donors (Lipinski definition) is 1. The van der Waals surface area contributed by atoms with Crippen LogP contribution in [0.5, 0.6) is 0 Å². The molecule has 154 valence electrons. The Morgan fingerprint density at radius 2 is 1.79 bits per heavy atom. The topological polar surface area (TPSA) is 70.1 Å². The molecule has 0 radical (unpaired) electrons. The van der Waals surface area contributed by atoms with E-state index >= 15 is 0 Å². The number of amides is 1. The van der Waals surface area contributed by atoms with Crippen LogP contribution in [-0.2, 0) is 11.2 Å². The minimum atomic E-state index is -0.946. The monoisotopic (exact) mass is 396 g/mol. The van der Waals surface area contributed by atoms with Crippen LogP contribution in [-0.4, -0.2) is 53.3 Å². The summed E-state index contributed by atoms with van der Waals surface area (Å²) >= 11 is 0. The lowest BCUT2D eigenvalue weighted by molar-refractivity contribution is 0.0214. The van der Waals surface area contributed by atoms with Gasteiger partial charge in [-0.2, -0.15) is 0 Å². The average Bonchev–Trinajstić information content (AvgIpc) is 2.67. The molecule has 0 spiro atoms. The smallest absolute Gasteiger partial charge is 0.410 e. The standard InChI is InChI=1S/C23H28N2O4/c1-23(2,3)29-22(28)24-12-13-25(19-11-7-10-18(15-19)21(26)27)20(16-24)14-17-8-5-4-6-9-17/h4-11,15,20H,12-14,16H2,1-3H3,(H,26,27)/t20-/m1/s1. The van der Waals surface area contributed by atoms with Gasteiger partial charge in [-0.15, -0.1) is 0 Å². The number of carboxylic acid groups (broad SMARTS) is 1. The molecule has 0 saturated carbocycles. The second-order valence-corrected chi connectivity index (χ2v) is 8.32. The highest BCUT2D eigenvalue weighted by Gasteiger charge is 2.32. The first-order chi connectivity index (χ1) is 13.7. The number of aromatic carboxylic acids is 1. The molecular formula is C23H28N2O4. The van der Waals surface area contributed by atoms with Gasteiger partial charge < -0.3 is 19.6 Å². The number of ether oxygens (including phenoxy) is 1. The molecule has 1 amide bonds. The Balaban J connectivity index is 1.84. The zero-order valence-electron chi connectivity index (χ0n) is 17.2. The second-order valence-electron chi connectivity index (χ2n) is 8.32. The van der Waals surface area contributed by atoms with E-state index in [1.165, 1.54) is 5.56 Å². The number of nitrogens with zero attached hydrogens (tertiary/aromatic N) is 2. The van der Waals surface area contributed by atoms with Gasteiger partial charge in [0.1, 0.15) is 5.60 Å². The summed E-state index contributed by atoms with van der Waals surface area (Å²) in [6, 6.07) is 17.1. The van der Waals surface area contributed by atoms with Gasteiger partial charge in [0.05, 0.1) is 11.6 Å². The molecule has 1 aliphatic rings. The van der Waals surface area contributed by atoms with Gasteiger partial charge in [0, 0.05) is 25.3 Å². The van der Waals surface area contributed by atoms with Crippen molar-refractivity contribution < 1.29 is 19.4 Å². The lowest BCUT2D eigenvalue weighted by Gasteiger charge is -2.43. The molecule has 1 N–H and O–H groups in total. The molecular weight excluding hydrogens is 368 g/mol. The van der Waals surface area contributed by atoms with E-state index in [0.29, 0.717) is 19.6 Å². The minimum absolute atomic E-state index is 0.0164. The van der Waals surface area contributed by atoms with E-state index in [1.807, 2.05) is 45.0 Å². The Morgan fingerprint density at radius 1 is 1.07 bits per heavy atom. The molecule has 6 heteroatoms. The molecule has 1 saturated heterocycles. The van der Waals surface area contributed by atoms with Crippen LogP contribution >= 0.6 is 0 Å². The average molecular weight is 396 g/mol. The van der Waals surface area contributed by atoms with Crippen LogP contribution < -0.4 is 4.90 Å². The Morgan fingerprint density at radius 3 is 2.45 bits per heavy atom. The van der Waals surface area contributed by atoms with E-state index in [-0.39, 0.29) is 17.7 Å². The molecule has 2 aromatic rings. The first-order valence-corrected chi connectivity index (χ1v) is 9.85. The van der Waals surface area contributed by atoms with Crippen LogP contribution in [0.15, 0.2) is 54.6 Å². The Kier molecular flexibility index (Phi) is 6.11. The third kappa shape index (κ3) is 5.50. The molecule has 3 rings (SSSR count). The molecule has 0 unspecified atom stereocenters. The van der Waals surface area contributed by atoms with E-state index in [1.54, 1.807) is 23.1 Å². The van der Waals surface area contributed by atoms with Crippen molar-refractivity contribution in [3.63, 3.8) is 0 Å². The van der Waals surface area contributed by atoms with Crippen molar-refractivity contribution in [2.45, 2.75) is 38.8 Å². The van der Waals surface area contributed by atoms with E-state index in [9.17, 15) is 14.7 Å². The number of carbonyl (C=O) groups is 2. The predicted octanol–water partition coefficient (Wildman–Crippen LogP) is 4.05. The van der Waals surface area contributed by atoms with Crippen molar-refractivity contribution in [1.29, 1.82) is 0 Å². The van der Waals surface area contributed by atoms with Crippen molar-refractivity contribution in [1.82, 2.24) is 4.90 Å². The van der Waals surface area contributed by atoms with Gasteiger partial charge in [-0.1, -0.05) is 36.4 Å². The lowest BCUT2D eigenvalue weighted by atomic mass is 10.0. The number of rotatable bonds is 4. The fourth-order valence-electron chi connectivity index (χ4n) is 3.57. The summed E-state index contributed by atoms with van der Waals surface area (Å²) in [4.78, 5) is 27.9. The van der Waals surface area contributed by atoms with E-state index in [0.717, 1.165) is 12.1 Å². The number of anilines is 1. The zero-order chi connectivity index (χ0) is 21.0. The molecule has 2 aromatic carbocycles. The van der Waals surface area contributed by atoms with E-state index in [4.69, 9.17) is 4.74 Å². The van der Waals surface area contributed by atoms with Gasteiger partial charge in [-0.05, 0) is 51.0 Å². The van der Waals surface area contributed by atoms with E-state index < -0.39 is 11.6 Å². The van der Waals surface area contributed by atoms with Crippen LogP contribution in [0.25, 0.3) is 0 Å². The van der Waals surface area contributed by atoms with Crippen LogP contribution in [0.3, 0.4) is 0 Å². The van der Waals surface area contributed by atoms with Crippen LogP contribution in [0.4, 0.5) is 10.5 Å². The summed E-state index contributed by atoms with van der Waals surface area (Å²) in [5.74, 6) is -0.946. The summed E-state index contributed by atoms with van der Waals surface area (Å²) in [6.45, 7) is 7.23. The maximum atomic E-state index is 12.6. The highest BCUT2D eigenvalue weighted by Crippen LogP contribution is 2.25. The molecule has 0 bridgehead atoms. The highest BCUT2D eigenvalue weighted by molar-refractivity contribution is 5.88. The molecule has 1 aliphatic heterocycles. The fraction of sp³-hybridized carbons (Fsp3) is 0.391. The summed E-state index contributed by atoms with van der Waals surface area (Å²) < 4.78 is 5.56. The van der Waals surface area contributed by atoms with Crippen LogP contribution in [0.1, 0.15) is 36.7 Å². The normalized spacial score (nSPS) is 17.1. The van der Waals surface area contributed by atoms with Crippen molar-refractivity contribution >= 4 is 17.7 Å². The Hall–Kier alpha value is -3.02. The van der Waals surface area contributed by atoms with Gasteiger partial charge in [-0.3, -0.25) is 0 Å². The third-order valence-corrected chi connectivity index (χ3v) is 4.87. The van der Waals surface area contributed by atoms with Gasteiger partial charge >= 0.3 is 12.1 Å². The second kappa shape index (κ2) is 8.55. The summed E-state index contributed by atoms with van der Waals surface area (Å²) in [7, 11) is 0. The maximum Gasteiger partial charge on any atom is 0.410 e. The Labute approximate surface area is 171 Å². The number of piperazine rings is 1. The minimum Gasteiger partial charge on any atom is -0.478 e. The highest BCUT2D eigenvalue weighted by atomic mass is 16.6. The number of carboxylic acids is 1. The number of carbonyl (C=O) groups excluding carboxylic acids is 1. The Bertz CT molecular complexity index is 861. The first kappa shape index (κ1) is 20.7. The number of hydrogen-bond acceptors (Lipinski definition) is 4. The predicted molar refractivity (Wildman–Crippen MR) is 112 cm³/mol. The summed E-state index contributed by atoms with van der Waals surface area (Å²) in [5, 5.41) is 9.34. The van der Waals surface area contributed by atoms with Gasteiger partial charge in [0.25, 0.3) is 0 Å². The summed E-state index contributed by atoms with van der Waals surface area (Å²) in [5.41, 5.74) is 1.74. The third-order valence-electron chi connectivity index (χ3n) is 4.87. The van der Waals surface area contributed by atoms with Crippen molar-refractivity contribution in [2.75, 3.05) is 24.5 Å². The van der Waals surface area contributed by atoms with Gasteiger partial charge in [-0.25, -0.2) is 9.59 Å². The van der Waals surface area contributed by atoms with Crippen molar-refractivity contribution in [3.05, 3.63) is 65.7 Å². The molecule has 1 fully saturated rings. The fourth-order valence-corrected chi connectivity index (χ4v) is 3.57. The van der Waals surface area contributed by atoms with Crippen molar-refractivity contribution in [2.24, 2.45) is 0 Å². The largest absolute Gasteiger partial charge is 0.478 e. The molecule has 1 heterocycles. The quantitative estimate of drug-likeness (QED) is 0.844. The van der Waals surface area contributed by atoms with Gasteiger partial charge in [0.2, 0.25) is 0 Å². The summed E-state index contributed by atoms with van der Waals surface area (Å²) in [6.07, 6.45) is 0.437. The molecule has 6 nitrogen and oxygen atoms in total. The SMILES string of the molecule is CC(C)(C)OC(=O)N1CCN(c2cccc(C(=O)O)c2)[C@H](Cc2ccccc2)C1. The zero-order valence-corrected chi connectivity index (χ0v) is 17.2. The first-order valence-electron chi connectivity index (χ1n) is 9.85. The van der Waals surface area contributed by atoms with E-state index in [2.05, 4.69) is 17.0 Å². The molecule has 1 atom stereocenters. The van der Waals surface area contributed by atoms with Gasteiger partial charge in [0.15, 0.2) is 0 Å². The van der Waals surface area contributed by atoms with Crippen LogP contribution in [0, 0.1) is 0 Å². The lowest BCUT2D eigenvalue weighted by Crippen LogP contribution is -2.56.